The van der Waals surface area contributed by atoms with E-state index in [1.54, 1.807) is 19.2 Å². The van der Waals surface area contributed by atoms with Gasteiger partial charge in [-0.1, -0.05) is 20.8 Å². The van der Waals surface area contributed by atoms with Gasteiger partial charge in [0.1, 0.15) is 5.82 Å². The highest BCUT2D eigenvalue weighted by molar-refractivity contribution is 5.59. The normalized spacial score (nSPS) is 11.2. The van der Waals surface area contributed by atoms with Gasteiger partial charge in [-0.15, -0.1) is 0 Å². The zero-order chi connectivity index (χ0) is 15.6. The highest BCUT2D eigenvalue weighted by Crippen LogP contribution is 2.26. The van der Waals surface area contributed by atoms with Gasteiger partial charge in [0.05, 0.1) is 10.6 Å². The standard InChI is InChI=1S/C15H18N4O2/c1-15(2,3)12-9-13(16-4)18-14(17-12)10-5-7-11(8-6-10)19(20)21/h5-9H,1-4H3,(H,16,17,18). The summed E-state index contributed by atoms with van der Waals surface area (Å²) in [5, 5.41) is 13.7. The molecule has 6 heteroatoms. The second-order valence-electron chi connectivity index (χ2n) is 5.77. The van der Waals surface area contributed by atoms with E-state index in [0.717, 1.165) is 17.1 Å². The van der Waals surface area contributed by atoms with Crippen molar-refractivity contribution < 1.29 is 4.92 Å². The average Bonchev–Trinajstić information content (AvgIpc) is 2.46. The Morgan fingerprint density at radius 1 is 1.14 bits per heavy atom. The van der Waals surface area contributed by atoms with Crippen molar-refractivity contribution in [3.05, 3.63) is 46.1 Å². The number of benzene rings is 1. The van der Waals surface area contributed by atoms with Crippen LogP contribution in [0.3, 0.4) is 0 Å². The minimum absolute atomic E-state index is 0.0552. The van der Waals surface area contributed by atoms with Crippen LogP contribution in [0, 0.1) is 10.1 Å². The Labute approximate surface area is 123 Å². The minimum Gasteiger partial charge on any atom is -0.373 e. The second-order valence-corrected chi connectivity index (χ2v) is 5.77. The van der Waals surface area contributed by atoms with Crippen LogP contribution in [-0.4, -0.2) is 21.9 Å². The maximum Gasteiger partial charge on any atom is 0.269 e. The fourth-order valence-corrected chi connectivity index (χ4v) is 1.82. The van der Waals surface area contributed by atoms with E-state index in [9.17, 15) is 10.1 Å². The summed E-state index contributed by atoms with van der Waals surface area (Å²) in [7, 11) is 1.80. The molecule has 2 rings (SSSR count). The van der Waals surface area contributed by atoms with Crippen molar-refractivity contribution in [1.29, 1.82) is 0 Å². The van der Waals surface area contributed by atoms with E-state index in [1.807, 2.05) is 6.07 Å². The third kappa shape index (κ3) is 3.34. The largest absolute Gasteiger partial charge is 0.373 e. The number of anilines is 1. The molecule has 0 atom stereocenters. The van der Waals surface area contributed by atoms with Crippen LogP contribution >= 0.6 is 0 Å². The molecule has 21 heavy (non-hydrogen) atoms. The predicted molar refractivity (Wildman–Crippen MR) is 82.4 cm³/mol. The highest BCUT2D eigenvalue weighted by atomic mass is 16.6. The van der Waals surface area contributed by atoms with Crippen molar-refractivity contribution in [2.24, 2.45) is 0 Å². The van der Waals surface area contributed by atoms with Crippen molar-refractivity contribution in [3.8, 4) is 11.4 Å². The van der Waals surface area contributed by atoms with Crippen LogP contribution in [0.5, 0.6) is 0 Å². The number of nitrogens with zero attached hydrogens (tertiary/aromatic N) is 3. The minimum atomic E-state index is -0.421. The molecule has 0 aliphatic heterocycles. The van der Waals surface area contributed by atoms with Gasteiger partial charge in [0.2, 0.25) is 0 Å². The van der Waals surface area contributed by atoms with E-state index < -0.39 is 4.92 Å². The summed E-state index contributed by atoms with van der Waals surface area (Å²) in [5.41, 5.74) is 1.61. The third-order valence-electron chi connectivity index (χ3n) is 3.09. The highest BCUT2D eigenvalue weighted by Gasteiger charge is 2.18. The maximum atomic E-state index is 10.7. The first-order valence-electron chi connectivity index (χ1n) is 6.63. The third-order valence-corrected chi connectivity index (χ3v) is 3.09. The fraction of sp³-hybridized carbons (Fsp3) is 0.333. The van der Waals surface area contributed by atoms with Crippen molar-refractivity contribution in [2.75, 3.05) is 12.4 Å². The van der Waals surface area contributed by atoms with Crippen molar-refractivity contribution in [1.82, 2.24) is 9.97 Å². The molecular formula is C15H18N4O2. The molecule has 0 unspecified atom stereocenters. The van der Waals surface area contributed by atoms with Crippen molar-refractivity contribution in [3.63, 3.8) is 0 Å². The molecule has 0 saturated heterocycles. The zero-order valence-corrected chi connectivity index (χ0v) is 12.5. The van der Waals surface area contributed by atoms with Crippen LogP contribution in [-0.2, 0) is 5.41 Å². The Morgan fingerprint density at radius 2 is 1.76 bits per heavy atom. The Bertz CT molecular complexity index is 660. The fourth-order valence-electron chi connectivity index (χ4n) is 1.82. The summed E-state index contributed by atoms with van der Waals surface area (Å²) < 4.78 is 0. The number of hydrogen-bond donors (Lipinski definition) is 1. The SMILES string of the molecule is CNc1cc(C(C)(C)C)nc(-c2ccc([N+](=O)[O-])cc2)n1. The number of rotatable bonds is 3. The molecule has 2 aromatic rings. The summed E-state index contributed by atoms with van der Waals surface area (Å²) in [5.74, 6) is 1.28. The number of hydrogen-bond acceptors (Lipinski definition) is 5. The molecule has 0 amide bonds. The molecule has 0 bridgehead atoms. The van der Waals surface area contributed by atoms with E-state index in [2.05, 4.69) is 36.1 Å². The quantitative estimate of drug-likeness (QED) is 0.691. The molecule has 1 aromatic heterocycles. The lowest BCUT2D eigenvalue weighted by Gasteiger charge is -2.19. The van der Waals surface area contributed by atoms with Gasteiger partial charge in [-0.25, -0.2) is 9.97 Å². The Morgan fingerprint density at radius 3 is 2.24 bits per heavy atom. The molecule has 0 fully saturated rings. The first-order valence-corrected chi connectivity index (χ1v) is 6.63. The lowest BCUT2D eigenvalue weighted by Crippen LogP contribution is -2.15. The van der Waals surface area contributed by atoms with E-state index in [4.69, 9.17) is 0 Å². The van der Waals surface area contributed by atoms with Gasteiger partial charge in [0, 0.05) is 36.2 Å². The lowest BCUT2D eigenvalue weighted by atomic mass is 9.92. The number of nitro benzene ring substituents is 1. The average molecular weight is 286 g/mol. The van der Waals surface area contributed by atoms with E-state index >= 15 is 0 Å². The molecule has 110 valence electrons. The van der Waals surface area contributed by atoms with Crippen LogP contribution in [0.4, 0.5) is 11.5 Å². The van der Waals surface area contributed by atoms with Crippen LogP contribution in [0.15, 0.2) is 30.3 Å². The molecule has 6 nitrogen and oxygen atoms in total. The predicted octanol–water partition coefficient (Wildman–Crippen LogP) is 3.39. The summed E-state index contributed by atoms with van der Waals surface area (Å²) in [4.78, 5) is 19.3. The topological polar surface area (TPSA) is 81.0 Å². The van der Waals surface area contributed by atoms with Gasteiger partial charge in [0.25, 0.3) is 5.69 Å². The summed E-state index contributed by atoms with van der Waals surface area (Å²) in [6.07, 6.45) is 0. The number of aromatic nitrogens is 2. The Kier molecular flexibility index (Phi) is 3.88. The molecule has 0 spiro atoms. The molecule has 1 aromatic carbocycles. The molecular weight excluding hydrogens is 268 g/mol. The molecule has 0 aliphatic carbocycles. The van der Waals surface area contributed by atoms with Gasteiger partial charge in [-0.05, 0) is 12.1 Å². The van der Waals surface area contributed by atoms with Gasteiger partial charge < -0.3 is 5.32 Å². The Balaban J connectivity index is 2.50. The van der Waals surface area contributed by atoms with Crippen LogP contribution in [0.1, 0.15) is 26.5 Å². The monoisotopic (exact) mass is 286 g/mol. The summed E-state index contributed by atoms with van der Waals surface area (Å²) >= 11 is 0. The van der Waals surface area contributed by atoms with Crippen molar-refractivity contribution >= 4 is 11.5 Å². The zero-order valence-electron chi connectivity index (χ0n) is 12.5. The number of nitrogens with one attached hydrogen (secondary N) is 1. The molecule has 1 heterocycles. The number of non-ortho nitro benzene ring substituents is 1. The molecule has 1 N–H and O–H groups in total. The summed E-state index contributed by atoms with van der Waals surface area (Å²) in [6, 6.07) is 8.16. The maximum absolute atomic E-state index is 10.7. The van der Waals surface area contributed by atoms with Crippen molar-refractivity contribution in [2.45, 2.75) is 26.2 Å². The number of nitro groups is 1. The summed E-state index contributed by atoms with van der Waals surface area (Å²) in [6.45, 7) is 6.23. The second kappa shape index (κ2) is 5.47. The van der Waals surface area contributed by atoms with Crippen LogP contribution in [0.25, 0.3) is 11.4 Å². The van der Waals surface area contributed by atoms with Gasteiger partial charge in [0.15, 0.2) is 5.82 Å². The molecule has 0 radical (unpaired) electrons. The van der Waals surface area contributed by atoms with Gasteiger partial charge in [-0.3, -0.25) is 10.1 Å². The van der Waals surface area contributed by atoms with E-state index in [0.29, 0.717) is 5.82 Å². The van der Waals surface area contributed by atoms with Crippen LogP contribution in [0.2, 0.25) is 0 Å². The Hall–Kier alpha value is -2.50. The molecule has 0 saturated carbocycles. The van der Waals surface area contributed by atoms with E-state index in [-0.39, 0.29) is 11.1 Å². The van der Waals surface area contributed by atoms with Gasteiger partial charge >= 0.3 is 0 Å². The lowest BCUT2D eigenvalue weighted by molar-refractivity contribution is -0.384. The van der Waals surface area contributed by atoms with Gasteiger partial charge in [-0.2, -0.15) is 0 Å². The van der Waals surface area contributed by atoms with Crippen LogP contribution < -0.4 is 5.32 Å². The molecule has 0 aliphatic rings. The first-order chi connectivity index (χ1) is 9.81. The smallest absolute Gasteiger partial charge is 0.269 e. The first kappa shape index (κ1) is 14.9. The van der Waals surface area contributed by atoms with E-state index in [1.165, 1.54) is 12.1 Å².